The smallest absolute Gasteiger partial charge is 0.404 e. The van der Waals surface area contributed by atoms with Crippen LogP contribution >= 0.6 is 0 Å². The molecule has 0 amide bonds. The Labute approximate surface area is 188 Å². The number of pyridine rings is 1. The highest BCUT2D eigenvalue weighted by Crippen LogP contribution is 2.29. The third-order valence-electron chi connectivity index (χ3n) is 6.83. The van der Waals surface area contributed by atoms with E-state index >= 15 is 0 Å². The first kappa shape index (κ1) is 14.5. The van der Waals surface area contributed by atoms with Crippen molar-refractivity contribution in [2.24, 2.45) is 13.0 Å². The van der Waals surface area contributed by atoms with E-state index in [-0.39, 0.29) is 12.8 Å². The maximum absolute atomic E-state index is 9.30. The highest BCUT2D eigenvalue weighted by atomic mass is 15.1. The van der Waals surface area contributed by atoms with Crippen LogP contribution in [0.15, 0.2) is 60.3 Å². The highest BCUT2D eigenvalue weighted by Gasteiger charge is 2.38. The molecule has 1 saturated carbocycles. The number of benzene rings is 2. The average Bonchev–Trinajstić information content (AvgIpc) is 2.84. The van der Waals surface area contributed by atoms with Gasteiger partial charge >= 0.3 is 6.85 Å². The molecule has 0 radical (unpaired) electrons. The molecule has 152 valence electrons. The Morgan fingerprint density at radius 1 is 1.10 bits per heavy atom. The van der Waals surface area contributed by atoms with Crippen LogP contribution in [0.25, 0.3) is 17.0 Å². The molecule has 0 N–H and O–H groups in total. The van der Waals surface area contributed by atoms with Crippen LogP contribution in [-0.4, -0.2) is 18.7 Å². The molecule has 3 heteroatoms. The van der Waals surface area contributed by atoms with Gasteiger partial charge in [0.2, 0.25) is 5.52 Å². The number of fused-ring (bicyclic) bond motifs is 2. The summed E-state index contributed by atoms with van der Waals surface area (Å²) in [6.45, 7) is -2.60. The summed E-state index contributed by atoms with van der Waals surface area (Å²) in [7, 11) is 3.84. The number of nitrogens with zero attached hydrogens (tertiary/aromatic N) is 2. The lowest BCUT2D eigenvalue weighted by atomic mass is 9.48. The van der Waals surface area contributed by atoms with Crippen LogP contribution in [0.3, 0.4) is 0 Å². The van der Waals surface area contributed by atoms with E-state index in [0.717, 1.165) is 53.2 Å². The van der Waals surface area contributed by atoms with E-state index in [1.54, 1.807) is 6.08 Å². The Morgan fingerprint density at radius 3 is 2.70 bits per heavy atom. The second-order valence-electron chi connectivity index (χ2n) is 8.71. The van der Waals surface area contributed by atoms with Crippen LogP contribution < -0.4 is 15.6 Å². The second kappa shape index (κ2) is 7.94. The summed E-state index contributed by atoms with van der Waals surface area (Å²) in [5, 5.41) is 0.924. The zero-order valence-electron chi connectivity index (χ0n) is 22.9. The van der Waals surface area contributed by atoms with Gasteiger partial charge < -0.3 is 4.81 Å². The van der Waals surface area contributed by atoms with E-state index in [1.807, 2.05) is 73.5 Å². The van der Waals surface area contributed by atoms with E-state index in [9.17, 15) is 2.74 Å². The maximum Gasteiger partial charge on any atom is 0.404 e. The summed E-state index contributed by atoms with van der Waals surface area (Å²) >= 11 is 0. The number of hydrogen-bond acceptors (Lipinski definition) is 1. The van der Waals surface area contributed by atoms with Crippen LogP contribution in [0.2, 0.25) is 0 Å². The molecule has 1 fully saturated rings. The first-order valence-electron chi connectivity index (χ1n) is 13.6. The standard InChI is InChI=1S/C27H32BN2/c1-20-17-22-13-7-9-15-25(22)28(30(20)3)27-19-23(18-21-11-5-4-6-12-21)24-14-8-10-16-26(24)29(27)2/h7-10,13-17,19,21H,4-6,11-12,18H2,1-3H3/q+1/i1D3,18D2. The monoisotopic (exact) mass is 400 g/mol. The molecule has 2 heterocycles. The molecule has 1 aliphatic heterocycles. The van der Waals surface area contributed by atoms with Crippen LogP contribution in [0, 0.1) is 5.92 Å². The van der Waals surface area contributed by atoms with Gasteiger partial charge in [0.15, 0.2) is 5.59 Å². The fraction of sp³-hybridized carbons (Fsp3) is 0.370. The van der Waals surface area contributed by atoms with Crippen LogP contribution in [-0.2, 0) is 13.4 Å². The van der Waals surface area contributed by atoms with Crippen LogP contribution in [0.1, 0.15) is 56.9 Å². The van der Waals surface area contributed by atoms with Gasteiger partial charge in [-0.25, -0.2) is 4.57 Å². The highest BCUT2D eigenvalue weighted by molar-refractivity contribution is 6.83. The maximum atomic E-state index is 9.30. The molecule has 30 heavy (non-hydrogen) atoms. The van der Waals surface area contributed by atoms with E-state index in [0.29, 0.717) is 11.3 Å². The van der Waals surface area contributed by atoms with Crippen molar-refractivity contribution in [3.05, 3.63) is 71.4 Å². The Balaban J connectivity index is 1.76. The molecule has 0 bridgehead atoms. The number of rotatable bonds is 3. The van der Waals surface area contributed by atoms with Gasteiger partial charge in [0.25, 0.3) is 0 Å². The number of aromatic nitrogens is 1. The fourth-order valence-electron chi connectivity index (χ4n) is 5.15. The Morgan fingerprint density at radius 2 is 1.87 bits per heavy atom. The van der Waals surface area contributed by atoms with Gasteiger partial charge in [-0.2, -0.15) is 0 Å². The lowest BCUT2D eigenvalue weighted by molar-refractivity contribution is -0.627. The molecule has 1 aliphatic carbocycles. The van der Waals surface area contributed by atoms with Gasteiger partial charge in [-0.05, 0) is 60.6 Å². The van der Waals surface area contributed by atoms with Gasteiger partial charge in [-0.15, -0.1) is 0 Å². The molecule has 3 aromatic rings. The van der Waals surface area contributed by atoms with Crippen LogP contribution in [0.5, 0.6) is 0 Å². The van der Waals surface area contributed by atoms with Crippen molar-refractivity contribution in [2.75, 3.05) is 7.05 Å². The zero-order valence-corrected chi connectivity index (χ0v) is 17.9. The summed E-state index contributed by atoms with van der Waals surface area (Å²) in [5.74, 6) is -0.0191. The number of aryl methyl sites for hydroxylation is 1. The molecule has 2 aliphatic rings. The number of para-hydroxylation sites is 1. The summed E-state index contributed by atoms with van der Waals surface area (Å²) in [5.41, 5.74) is 4.78. The van der Waals surface area contributed by atoms with Gasteiger partial charge in [-0.3, -0.25) is 0 Å². The first-order chi connectivity index (χ1) is 16.6. The van der Waals surface area contributed by atoms with Crippen molar-refractivity contribution in [3.8, 4) is 0 Å². The Hall–Kier alpha value is -2.55. The number of hydrogen-bond donors (Lipinski definition) is 0. The third kappa shape index (κ3) is 3.35. The van der Waals surface area contributed by atoms with Gasteiger partial charge in [-0.1, -0.05) is 68.5 Å². The minimum Gasteiger partial charge on any atom is -0.408 e. The quantitative estimate of drug-likeness (QED) is 0.472. The molecular formula is C27H32BN2+. The van der Waals surface area contributed by atoms with Crippen molar-refractivity contribution >= 4 is 34.9 Å². The summed E-state index contributed by atoms with van der Waals surface area (Å²) < 4.78 is 45.2. The van der Waals surface area contributed by atoms with Crippen LogP contribution in [0.4, 0.5) is 0 Å². The molecule has 5 rings (SSSR count). The van der Waals surface area contributed by atoms with Gasteiger partial charge in [0.1, 0.15) is 7.05 Å². The molecule has 0 unspecified atom stereocenters. The topological polar surface area (TPSA) is 7.12 Å². The summed E-state index contributed by atoms with van der Waals surface area (Å²) in [6, 6.07) is 17.9. The largest absolute Gasteiger partial charge is 0.408 e. The molecule has 1 aromatic heterocycles. The minimum absolute atomic E-state index is 0.0191. The average molecular weight is 400 g/mol. The predicted octanol–water partition coefficient (Wildman–Crippen LogP) is 4.20. The molecule has 0 saturated heterocycles. The van der Waals surface area contributed by atoms with E-state index in [2.05, 4.69) is 4.57 Å². The van der Waals surface area contributed by atoms with E-state index < -0.39 is 13.2 Å². The van der Waals surface area contributed by atoms with E-state index in [1.165, 1.54) is 6.42 Å². The lowest BCUT2D eigenvalue weighted by Crippen LogP contribution is -2.66. The molecule has 0 spiro atoms. The molecule has 2 aromatic carbocycles. The zero-order chi connectivity index (χ0) is 25.0. The van der Waals surface area contributed by atoms with Gasteiger partial charge in [0.05, 0.1) is 0 Å². The normalized spacial score (nSPS) is 20.6. The summed E-state index contributed by atoms with van der Waals surface area (Å²) in [6.07, 6.45) is 5.41. The first-order valence-corrected chi connectivity index (χ1v) is 11.1. The minimum atomic E-state index is -2.25. The Kier molecular flexibility index (Phi) is 3.83. The predicted molar refractivity (Wildman–Crippen MR) is 128 cm³/mol. The Bertz CT molecular complexity index is 1290. The van der Waals surface area contributed by atoms with Crippen molar-refractivity contribution in [1.29, 1.82) is 0 Å². The van der Waals surface area contributed by atoms with Gasteiger partial charge in [0, 0.05) is 24.4 Å². The lowest BCUT2D eigenvalue weighted by Gasteiger charge is -2.32. The molecule has 2 nitrogen and oxygen atoms in total. The molecular weight excluding hydrogens is 363 g/mol. The van der Waals surface area contributed by atoms with Crippen molar-refractivity contribution < 1.29 is 11.4 Å². The SMILES string of the molecule is [2H]C([2H])([2H])C1=Cc2ccccc2B(c2cc(C([2H])([2H])C3CCCCC3)c3ccccc3[n+]2C)N1C. The second-order valence-corrected chi connectivity index (χ2v) is 8.71. The van der Waals surface area contributed by atoms with Crippen molar-refractivity contribution in [3.63, 3.8) is 0 Å². The van der Waals surface area contributed by atoms with E-state index in [4.69, 9.17) is 4.11 Å². The fourth-order valence-corrected chi connectivity index (χ4v) is 5.15. The number of allylic oxidation sites excluding steroid dienone is 1. The third-order valence-corrected chi connectivity index (χ3v) is 6.83. The summed E-state index contributed by atoms with van der Waals surface area (Å²) in [4.78, 5) is 1.85. The molecule has 0 atom stereocenters. The van der Waals surface area contributed by atoms with Crippen molar-refractivity contribution in [2.45, 2.75) is 45.3 Å². The van der Waals surface area contributed by atoms with Crippen molar-refractivity contribution in [1.82, 2.24) is 4.81 Å².